The van der Waals surface area contributed by atoms with Gasteiger partial charge in [0.1, 0.15) is 6.10 Å². The minimum absolute atomic E-state index is 0.00877. The average molecular weight is 675 g/mol. The molecule has 1 amide bonds. The van der Waals surface area contributed by atoms with Gasteiger partial charge >= 0.3 is 36.3 Å². The Balaban J connectivity index is 1.33. The highest BCUT2D eigenvalue weighted by Gasteiger charge is 2.72. The SMILES string of the molecule is CSCN1C(=O)OC2(CCN(CCOC(c3cccc(C(F)(F)F)c3)c3cccc(C(F)(F)F)c3)CC2)C12OC(=O)C=CC(=O)O2. The van der Waals surface area contributed by atoms with Gasteiger partial charge in [0.05, 0.1) is 23.6 Å². The second kappa shape index (κ2) is 12.8. The predicted molar refractivity (Wildman–Crippen MR) is 150 cm³/mol. The number of fused-ring (bicyclic) bond motifs is 1. The molecule has 0 radical (unpaired) electrons. The Kier molecular flexibility index (Phi) is 9.35. The molecule has 2 spiro atoms. The molecule has 2 aromatic rings. The average Bonchev–Trinajstić information content (AvgIpc) is 3.09. The van der Waals surface area contributed by atoms with Gasteiger partial charge in [-0.1, -0.05) is 24.3 Å². The first-order chi connectivity index (χ1) is 21.7. The minimum Gasteiger partial charge on any atom is -0.432 e. The van der Waals surface area contributed by atoms with Crippen molar-refractivity contribution in [3.05, 3.63) is 82.9 Å². The van der Waals surface area contributed by atoms with Crippen molar-refractivity contribution in [1.29, 1.82) is 0 Å². The summed E-state index contributed by atoms with van der Waals surface area (Å²) in [4.78, 5) is 40.7. The fourth-order valence-corrected chi connectivity index (χ4v) is 6.24. The summed E-state index contributed by atoms with van der Waals surface area (Å²) in [7, 11) is 0. The van der Waals surface area contributed by atoms with E-state index < -0.39 is 59.1 Å². The molecular weight excluding hydrogens is 646 g/mol. The molecule has 3 heterocycles. The Bertz CT molecular complexity index is 1430. The third-order valence-corrected chi connectivity index (χ3v) is 8.43. The third-order valence-electron chi connectivity index (χ3n) is 7.91. The number of alkyl halides is 6. The Morgan fingerprint density at radius 3 is 1.85 bits per heavy atom. The molecule has 46 heavy (non-hydrogen) atoms. The number of piperidine rings is 1. The van der Waals surface area contributed by atoms with Crippen LogP contribution in [0.15, 0.2) is 60.7 Å². The van der Waals surface area contributed by atoms with E-state index in [2.05, 4.69) is 0 Å². The first kappa shape index (κ1) is 33.6. The molecule has 2 fully saturated rings. The summed E-state index contributed by atoms with van der Waals surface area (Å²) >= 11 is 1.21. The highest BCUT2D eigenvalue weighted by molar-refractivity contribution is 7.98. The maximum absolute atomic E-state index is 13.5. The molecular formula is C30H28F6N2O7S. The summed E-state index contributed by atoms with van der Waals surface area (Å²) < 4.78 is 104. The first-order valence-corrected chi connectivity index (χ1v) is 15.4. The topological polar surface area (TPSA) is 94.6 Å². The zero-order valence-electron chi connectivity index (χ0n) is 24.2. The van der Waals surface area contributed by atoms with Crippen LogP contribution in [-0.4, -0.2) is 77.7 Å². The number of ether oxygens (including phenoxy) is 4. The second-order valence-electron chi connectivity index (χ2n) is 10.8. The van der Waals surface area contributed by atoms with E-state index in [0.717, 1.165) is 53.5 Å². The number of carbonyl (C=O) groups is 3. The van der Waals surface area contributed by atoms with Crippen molar-refractivity contribution in [3.8, 4) is 0 Å². The van der Waals surface area contributed by atoms with E-state index in [-0.39, 0.29) is 56.1 Å². The van der Waals surface area contributed by atoms with Crippen molar-refractivity contribution < 1.29 is 59.7 Å². The molecule has 0 atom stereocenters. The number of esters is 2. The van der Waals surface area contributed by atoms with Crippen LogP contribution < -0.4 is 0 Å². The number of carbonyl (C=O) groups excluding carboxylic acids is 3. The number of nitrogens with zero attached hydrogens (tertiary/aromatic N) is 2. The highest BCUT2D eigenvalue weighted by Crippen LogP contribution is 2.49. The number of amides is 1. The molecule has 3 aliphatic heterocycles. The zero-order valence-corrected chi connectivity index (χ0v) is 25.0. The number of rotatable bonds is 8. The van der Waals surface area contributed by atoms with Gasteiger partial charge in [0, 0.05) is 44.6 Å². The molecule has 0 unspecified atom stereocenters. The van der Waals surface area contributed by atoms with Crippen LogP contribution in [0, 0.1) is 0 Å². The molecule has 0 bridgehead atoms. The molecule has 3 aliphatic rings. The quantitative estimate of drug-likeness (QED) is 0.257. The lowest BCUT2D eigenvalue weighted by Gasteiger charge is -2.45. The fourth-order valence-electron chi connectivity index (χ4n) is 5.71. The van der Waals surface area contributed by atoms with Gasteiger partial charge in [-0.15, -0.1) is 11.8 Å². The maximum Gasteiger partial charge on any atom is 0.417 e. The van der Waals surface area contributed by atoms with Crippen LogP contribution in [0.25, 0.3) is 0 Å². The Morgan fingerprint density at radius 1 is 0.848 bits per heavy atom. The largest absolute Gasteiger partial charge is 0.432 e. The van der Waals surface area contributed by atoms with E-state index >= 15 is 0 Å². The summed E-state index contributed by atoms with van der Waals surface area (Å²) in [5, 5.41) is 0. The van der Waals surface area contributed by atoms with Crippen LogP contribution in [0.1, 0.15) is 41.2 Å². The predicted octanol–water partition coefficient (Wildman–Crippen LogP) is 5.75. The van der Waals surface area contributed by atoms with Crippen LogP contribution >= 0.6 is 11.8 Å². The van der Waals surface area contributed by atoms with Crippen LogP contribution in [0.5, 0.6) is 0 Å². The van der Waals surface area contributed by atoms with Crippen molar-refractivity contribution in [2.45, 2.75) is 42.8 Å². The van der Waals surface area contributed by atoms with E-state index in [0.29, 0.717) is 0 Å². The van der Waals surface area contributed by atoms with Crippen LogP contribution in [-0.2, 0) is 40.9 Å². The van der Waals surface area contributed by atoms with Crippen molar-refractivity contribution in [3.63, 3.8) is 0 Å². The summed E-state index contributed by atoms with van der Waals surface area (Å²) in [5.74, 6) is -3.96. The van der Waals surface area contributed by atoms with Crippen LogP contribution in [0.3, 0.4) is 0 Å². The van der Waals surface area contributed by atoms with E-state index in [1.807, 2.05) is 4.90 Å². The van der Waals surface area contributed by atoms with Gasteiger partial charge in [0.25, 0.3) is 0 Å². The molecule has 2 saturated heterocycles. The lowest BCUT2D eigenvalue weighted by Crippen LogP contribution is -2.65. The molecule has 5 rings (SSSR count). The Hall–Kier alpha value is -3.76. The smallest absolute Gasteiger partial charge is 0.417 e. The van der Waals surface area contributed by atoms with Gasteiger partial charge in [0.2, 0.25) is 5.60 Å². The van der Waals surface area contributed by atoms with Crippen molar-refractivity contribution in [2.24, 2.45) is 0 Å². The van der Waals surface area contributed by atoms with Crippen molar-refractivity contribution in [2.75, 3.05) is 38.4 Å². The van der Waals surface area contributed by atoms with E-state index in [1.54, 1.807) is 6.26 Å². The second-order valence-corrected chi connectivity index (χ2v) is 11.6. The molecule has 2 aromatic carbocycles. The third kappa shape index (κ3) is 6.69. The zero-order chi connectivity index (χ0) is 33.3. The van der Waals surface area contributed by atoms with Crippen molar-refractivity contribution >= 4 is 29.8 Å². The van der Waals surface area contributed by atoms with Gasteiger partial charge in [-0.3, -0.25) is 0 Å². The van der Waals surface area contributed by atoms with E-state index in [4.69, 9.17) is 18.9 Å². The molecule has 0 N–H and O–H groups in total. The molecule has 0 aliphatic carbocycles. The lowest BCUT2D eigenvalue weighted by molar-refractivity contribution is -0.310. The summed E-state index contributed by atoms with van der Waals surface area (Å²) in [6, 6.07) is 8.42. The van der Waals surface area contributed by atoms with Crippen LogP contribution in [0.2, 0.25) is 0 Å². The van der Waals surface area contributed by atoms with Gasteiger partial charge in [-0.05, 0) is 41.6 Å². The fraction of sp³-hybridized carbons (Fsp3) is 0.433. The van der Waals surface area contributed by atoms with E-state index in [9.17, 15) is 40.7 Å². The number of thioether (sulfide) groups is 1. The maximum atomic E-state index is 13.5. The summed E-state index contributed by atoms with van der Waals surface area (Å²) in [6.07, 6.45) is -7.84. The summed E-state index contributed by atoms with van der Waals surface area (Å²) in [6.45, 7) is 0.556. The van der Waals surface area contributed by atoms with Crippen molar-refractivity contribution in [1.82, 2.24) is 9.80 Å². The standard InChI is InChI=1S/C30H28F6N2O7S/c1-46-18-38-26(41)45-27(30(38)43-23(39)8-9-24(40)44-30)10-12-37(13-11-27)14-15-42-25(19-4-2-6-21(16-19)28(31,32)33)20-5-3-7-22(17-20)29(34,35)36/h2-9,16-17,25H,10-15,18H2,1H3. The number of benzene rings is 2. The molecule has 16 heteroatoms. The minimum atomic E-state index is -4.68. The summed E-state index contributed by atoms with van der Waals surface area (Å²) in [5.41, 5.74) is -3.44. The molecule has 0 saturated carbocycles. The van der Waals surface area contributed by atoms with Gasteiger partial charge in [0.15, 0.2) is 0 Å². The number of hydrogen-bond acceptors (Lipinski definition) is 9. The number of halogens is 6. The molecule has 0 aromatic heterocycles. The van der Waals surface area contributed by atoms with Gasteiger partial charge < -0.3 is 23.8 Å². The van der Waals surface area contributed by atoms with Crippen LogP contribution in [0.4, 0.5) is 31.1 Å². The first-order valence-electron chi connectivity index (χ1n) is 14.0. The van der Waals surface area contributed by atoms with E-state index in [1.165, 1.54) is 23.9 Å². The molecule has 9 nitrogen and oxygen atoms in total. The molecule has 248 valence electrons. The monoisotopic (exact) mass is 674 g/mol. The normalized spacial score (nSPS) is 19.8. The number of hydrogen-bond donors (Lipinski definition) is 0. The highest BCUT2D eigenvalue weighted by atomic mass is 32.2. The Morgan fingerprint density at radius 2 is 1.37 bits per heavy atom. The van der Waals surface area contributed by atoms with Gasteiger partial charge in [-0.2, -0.15) is 26.3 Å². The number of likely N-dealkylation sites (tertiary alicyclic amines) is 1. The lowest BCUT2D eigenvalue weighted by atomic mass is 9.87. The Labute approximate surface area is 263 Å². The van der Waals surface area contributed by atoms with Gasteiger partial charge in [-0.25, -0.2) is 19.3 Å².